The van der Waals surface area contributed by atoms with Crippen LogP contribution in [0.25, 0.3) is 0 Å². The Hall–Kier alpha value is -0.790. The lowest BCUT2D eigenvalue weighted by atomic mass is 10.1. The van der Waals surface area contributed by atoms with E-state index in [-0.39, 0.29) is 0 Å². The van der Waals surface area contributed by atoms with E-state index in [2.05, 4.69) is 12.1 Å². The third kappa shape index (κ3) is 0.590. The summed E-state index contributed by atoms with van der Waals surface area (Å²) in [5, 5.41) is 3.90. The minimum absolute atomic E-state index is 0.624. The standard InChI is InChI=1S/C7H9NO/c1-5-2-3-6-4-9-8-7(5)6/h4-5H,2-3H2,1H3/t5-/m1/s1. The van der Waals surface area contributed by atoms with Crippen molar-refractivity contribution < 1.29 is 4.52 Å². The monoisotopic (exact) mass is 123 g/mol. The highest BCUT2D eigenvalue weighted by molar-refractivity contribution is 5.23. The second-order valence-electron chi connectivity index (χ2n) is 2.66. The average Bonchev–Trinajstić information content (AvgIpc) is 2.35. The normalized spacial score (nSPS) is 24.3. The summed E-state index contributed by atoms with van der Waals surface area (Å²) in [5.41, 5.74) is 2.48. The van der Waals surface area contributed by atoms with Crippen LogP contribution in [-0.4, -0.2) is 5.16 Å². The van der Waals surface area contributed by atoms with Gasteiger partial charge in [0.15, 0.2) is 0 Å². The smallest absolute Gasteiger partial charge is 0.127 e. The topological polar surface area (TPSA) is 26.0 Å². The van der Waals surface area contributed by atoms with Crippen molar-refractivity contribution in [2.75, 3.05) is 0 Å². The Morgan fingerprint density at radius 3 is 3.44 bits per heavy atom. The van der Waals surface area contributed by atoms with Crippen molar-refractivity contribution >= 4 is 0 Å². The van der Waals surface area contributed by atoms with Gasteiger partial charge in [-0.2, -0.15) is 0 Å². The van der Waals surface area contributed by atoms with E-state index in [1.54, 1.807) is 6.26 Å². The number of hydrogen-bond acceptors (Lipinski definition) is 2. The largest absolute Gasteiger partial charge is 0.364 e. The van der Waals surface area contributed by atoms with Crippen LogP contribution in [0.1, 0.15) is 30.5 Å². The third-order valence-electron chi connectivity index (χ3n) is 1.99. The lowest BCUT2D eigenvalue weighted by Crippen LogP contribution is -1.84. The first-order valence-electron chi connectivity index (χ1n) is 3.31. The number of fused-ring (bicyclic) bond motifs is 1. The van der Waals surface area contributed by atoms with Crippen LogP contribution in [0.3, 0.4) is 0 Å². The Balaban J connectivity index is 2.49. The van der Waals surface area contributed by atoms with E-state index in [9.17, 15) is 0 Å². The van der Waals surface area contributed by atoms with Crippen LogP contribution in [0.4, 0.5) is 0 Å². The van der Waals surface area contributed by atoms with Crippen molar-refractivity contribution in [2.24, 2.45) is 0 Å². The summed E-state index contributed by atoms with van der Waals surface area (Å²) in [6.07, 6.45) is 4.16. The molecule has 0 saturated carbocycles. The molecule has 0 aromatic carbocycles. The molecule has 1 aromatic rings. The van der Waals surface area contributed by atoms with Crippen LogP contribution < -0.4 is 0 Å². The summed E-state index contributed by atoms with van der Waals surface area (Å²) in [6, 6.07) is 0. The minimum Gasteiger partial charge on any atom is -0.364 e. The Morgan fingerprint density at radius 1 is 1.78 bits per heavy atom. The molecule has 2 nitrogen and oxygen atoms in total. The van der Waals surface area contributed by atoms with Crippen molar-refractivity contribution in [1.29, 1.82) is 0 Å². The Kier molecular flexibility index (Phi) is 0.891. The second-order valence-corrected chi connectivity index (χ2v) is 2.66. The zero-order chi connectivity index (χ0) is 6.27. The number of rotatable bonds is 0. The van der Waals surface area contributed by atoms with Gasteiger partial charge in [0, 0.05) is 11.5 Å². The Morgan fingerprint density at radius 2 is 2.67 bits per heavy atom. The fraction of sp³-hybridized carbons (Fsp3) is 0.571. The van der Waals surface area contributed by atoms with Gasteiger partial charge >= 0.3 is 0 Å². The van der Waals surface area contributed by atoms with Gasteiger partial charge in [0.1, 0.15) is 6.26 Å². The van der Waals surface area contributed by atoms with Gasteiger partial charge in [0.05, 0.1) is 5.69 Å². The minimum atomic E-state index is 0.624. The Labute approximate surface area is 53.9 Å². The highest BCUT2D eigenvalue weighted by Gasteiger charge is 2.21. The summed E-state index contributed by atoms with van der Waals surface area (Å²) in [7, 11) is 0. The summed E-state index contributed by atoms with van der Waals surface area (Å²) >= 11 is 0. The van der Waals surface area contributed by atoms with Gasteiger partial charge in [-0.15, -0.1) is 0 Å². The second kappa shape index (κ2) is 1.59. The van der Waals surface area contributed by atoms with E-state index in [1.807, 2.05) is 0 Å². The molecule has 1 aliphatic rings. The quantitative estimate of drug-likeness (QED) is 0.525. The van der Waals surface area contributed by atoms with E-state index >= 15 is 0 Å². The summed E-state index contributed by atoms with van der Waals surface area (Å²) in [5.74, 6) is 0.624. The number of hydrogen-bond donors (Lipinski definition) is 0. The van der Waals surface area contributed by atoms with Crippen LogP contribution in [0, 0.1) is 0 Å². The van der Waals surface area contributed by atoms with E-state index in [4.69, 9.17) is 4.52 Å². The molecule has 0 spiro atoms. The van der Waals surface area contributed by atoms with E-state index < -0.39 is 0 Å². The van der Waals surface area contributed by atoms with E-state index in [1.165, 1.54) is 17.7 Å². The maximum absolute atomic E-state index is 4.81. The average molecular weight is 123 g/mol. The first-order valence-corrected chi connectivity index (χ1v) is 3.31. The zero-order valence-electron chi connectivity index (χ0n) is 5.42. The molecule has 9 heavy (non-hydrogen) atoms. The van der Waals surface area contributed by atoms with Gasteiger partial charge in [0.25, 0.3) is 0 Å². The molecule has 0 aliphatic heterocycles. The molecule has 2 rings (SSSR count). The molecule has 1 atom stereocenters. The molecule has 1 aromatic heterocycles. The molecule has 0 saturated heterocycles. The molecule has 48 valence electrons. The summed E-state index contributed by atoms with van der Waals surface area (Å²) < 4.78 is 4.81. The highest BCUT2D eigenvalue weighted by atomic mass is 16.5. The SMILES string of the molecule is C[C@@H]1CCc2conc21. The fourth-order valence-corrected chi connectivity index (χ4v) is 1.37. The molecule has 1 aliphatic carbocycles. The molecule has 2 heteroatoms. The maximum Gasteiger partial charge on any atom is 0.127 e. The maximum atomic E-state index is 4.81. The number of aromatic nitrogens is 1. The van der Waals surface area contributed by atoms with Gasteiger partial charge in [-0.05, 0) is 12.8 Å². The molecule has 0 radical (unpaired) electrons. The van der Waals surface area contributed by atoms with Gasteiger partial charge in [0.2, 0.25) is 0 Å². The van der Waals surface area contributed by atoms with E-state index in [0.29, 0.717) is 5.92 Å². The van der Waals surface area contributed by atoms with Gasteiger partial charge in [-0.3, -0.25) is 0 Å². The molecular weight excluding hydrogens is 114 g/mol. The third-order valence-corrected chi connectivity index (χ3v) is 1.99. The van der Waals surface area contributed by atoms with Crippen LogP contribution in [0.2, 0.25) is 0 Å². The summed E-state index contributed by atoms with van der Waals surface area (Å²) in [6.45, 7) is 2.19. The van der Waals surface area contributed by atoms with Crippen LogP contribution >= 0.6 is 0 Å². The number of aryl methyl sites for hydroxylation is 1. The van der Waals surface area contributed by atoms with Crippen molar-refractivity contribution in [1.82, 2.24) is 5.16 Å². The van der Waals surface area contributed by atoms with Crippen molar-refractivity contribution in [3.05, 3.63) is 17.5 Å². The summed E-state index contributed by atoms with van der Waals surface area (Å²) in [4.78, 5) is 0. The fourth-order valence-electron chi connectivity index (χ4n) is 1.37. The van der Waals surface area contributed by atoms with E-state index in [0.717, 1.165) is 6.42 Å². The van der Waals surface area contributed by atoms with Crippen molar-refractivity contribution in [2.45, 2.75) is 25.7 Å². The van der Waals surface area contributed by atoms with Crippen molar-refractivity contribution in [3.8, 4) is 0 Å². The molecule has 1 heterocycles. The molecular formula is C7H9NO. The lowest BCUT2D eigenvalue weighted by Gasteiger charge is -1.93. The van der Waals surface area contributed by atoms with Crippen LogP contribution in [0.15, 0.2) is 10.8 Å². The lowest BCUT2D eigenvalue weighted by molar-refractivity contribution is 0.402. The van der Waals surface area contributed by atoms with Gasteiger partial charge in [-0.1, -0.05) is 12.1 Å². The zero-order valence-corrected chi connectivity index (χ0v) is 5.42. The number of nitrogens with zero attached hydrogens (tertiary/aromatic N) is 1. The predicted octanol–water partition coefficient (Wildman–Crippen LogP) is 1.72. The molecule has 0 bridgehead atoms. The van der Waals surface area contributed by atoms with Crippen LogP contribution in [0.5, 0.6) is 0 Å². The molecule has 0 fully saturated rings. The molecule has 0 N–H and O–H groups in total. The van der Waals surface area contributed by atoms with Crippen LogP contribution in [-0.2, 0) is 6.42 Å². The molecule has 0 amide bonds. The van der Waals surface area contributed by atoms with Gasteiger partial charge in [-0.25, -0.2) is 0 Å². The predicted molar refractivity (Wildman–Crippen MR) is 33.2 cm³/mol. The first-order chi connectivity index (χ1) is 4.38. The van der Waals surface area contributed by atoms with Crippen molar-refractivity contribution in [3.63, 3.8) is 0 Å². The first kappa shape index (κ1) is 5.03. The molecule has 0 unspecified atom stereocenters. The van der Waals surface area contributed by atoms with Gasteiger partial charge < -0.3 is 4.52 Å². The highest BCUT2D eigenvalue weighted by Crippen LogP contribution is 2.30. The Bertz CT molecular complexity index is 216.